The van der Waals surface area contributed by atoms with Crippen molar-refractivity contribution in [3.05, 3.63) is 47.2 Å². The van der Waals surface area contributed by atoms with Crippen LogP contribution in [0.15, 0.2) is 36.5 Å². The van der Waals surface area contributed by atoms with E-state index in [0.717, 1.165) is 0 Å². The quantitative estimate of drug-likeness (QED) is 0.824. The Morgan fingerprint density at radius 1 is 1.09 bits per heavy atom. The van der Waals surface area contributed by atoms with E-state index in [1.807, 2.05) is 0 Å². The second-order valence-corrected chi connectivity index (χ2v) is 5.02. The summed E-state index contributed by atoms with van der Waals surface area (Å²) in [6.07, 6.45) is 1.45. The van der Waals surface area contributed by atoms with Gasteiger partial charge in [-0.1, -0.05) is 11.6 Å². The van der Waals surface area contributed by atoms with Crippen molar-refractivity contribution in [2.45, 2.75) is 0 Å². The standard InChI is InChI=1S/C15H12ClN3O4/c16-13-8-10(3-4-17-13)18-15(21)19-14(20)9-1-2-11-12(7-9)23-6-5-22-11/h1-4,7-8H,5-6H2,(H2,17,18,19,20,21). The number of urea groups is 1. The van der Waals surface area contributed by atoms with Crippen molar-refractivity contribution in [3.8, 4) is 11.5 Å². The van der Waals surface area contributed by atoms with Gasteiger partial charge in [-0.2, -0.15) is 0 Å². The Labute approximate surface area is 136 Å². The molecule has 0 atom stereocenters. The number of carbonyl (C=O) groups is 2. The second-order valence-electron chi connectivity index (χ2n) is 4.63. The summed E-state index contributed by atoms with van der Waals surface area (Å²) >= 11 is 5.72. The van der Waals surface area contributed by atoms with E-state index in [-0.39, 0.29) is 10.7 Å². The Balaban J connectivity index is 1.65. The summed E-state index contributed by atoms with van der Waals surface area (Å²) in [5.41, 5.74) is 0.717. The van der Waals surface area contributed by atoms with Crippen LogP contribution in [-0.4, -0.2) is 30.1 Å². The van der Waals surface area contributed by atoms with Crippen molar-refractivity contribution in [2.24, 2.45) is 0 Å². The van der Waals surface area contributed by atoms with Crippen LogP contribution < -0.4 is 20.1 Å². The summed E-state index contributed by atoms with van der Waals surface area (Å²) in [5, 5.41) is 4.95. The maximum Gasteiger partial charge on any atom is 0.326 e. The Bertz CT molecular complexity index is 766. The lowest BCUT2D eigenvalue weighted by Gasteiger charge is -2.18. The molecule has 7 nitrogen and oxygen atoms in total. The van der Waals surface area contributed by atoms with Crippen molar-refractivity contribution < 1.29 is 19.1 Å². The molecule has 2 aromatic rings. The van der Waals surface area contributed by atoms with Crippen LogP contribution in [0.25, 0.3) is 0 Å². The first-order valence-electron chi connectivity index (χ1n) is 6.75. The topological polar surface area (TPSA) is 89.6 Å². The van der Waals surface area contributed by atoms with E-state index >= 15 is 0 Å². The lowest BCUT2D eigenvalue weighted by molar-refractivity contribution is 0.0966. The minimum absolute atomic E-state index is 0.237. The summed E-state index contributed by atoms with van der Waals surface area (Å²) in [6.45, 7) is 0.886. The minimum Gasteiger partial charge on any atom is -0.486 e. The van der Waals surface area contributed by atoms with Gasteiger partial charge < -0.3 is 14.8 Å². The van der Waals surface area contributed by atoms with Gasteiger partial charge in [0.05, 0.1) is 0 Å². The van der Waals surface area contributed by atoms with Crippen LogP contribution in [0.5, 0.6) is 11.5 Å². The number of fused-ring (bicyclic) bond motifs is 1. The molecule has 1 aliphatic heterocycles. The molecule has 0 unspecified atom stereocenters. The monoisotopic (exact) mass is 333 g/mol. The normalized spacial score (nSPS) is 12.4. The summed E-state index contributed by atoms with van der Waals surface area (Å²) in [4.78, 5) is 27.7. The van der Waals surface area contributed by atoms with Gasteiger partial charge in [-0.05, 0) is 30.3 Å². The molecule has 2 N–H and O–H groups in total. The average Bonchev–Trinajstić information content (AvgIpc) is 2.54. The minimum atomic E-state index is -0.674. The maximum absolute atomic E-state index is 12.1. The molecule has 1 aromatic heterocycles. The number of hydrogen-bond donors (Lipinski definition) is 2. The maximum atomic E-state index is 12.1. The predicted molar refractivity (Wildman–Crippen MR) is 83.2 cm³/mol. The molecular weight excluding hydrogens is 322 g/mol. The molecule has 0 saturated heterocycles. The highest BCUT2D eigenvalue weighted by Gasteiger charge is 2.16. The molecule has 8 heteroatoms. The fourth-order valence-corrected chi connectivity index (χ4v) is 2.18. The Kier molecular flexibility index (Phi) is 4.29. The Morgan fingerprint density at radius 3 is 2.65 bits per heavy atom. The number of anilines is 1. The summed E-state index contributed by atoms with van der Waals surface area (Å²) in [6, 6.07) is 7.06. The van der Waals surface area contributed by atoms with Crippen molar-refractivity contribution >= 4 is 29.2 Å². The van der Waals surface area contributed by atoms with Gasteiger partial charge in [0.1, 0.15) is 18.4 Å². The van der Waals surface area contributed by atoms with Crippen molar-refractivity contribution in [1.82, 2.24) is 10.3 Å². The number of carbonyl (C=O) groups excluding carboxylic acids is 2. The molecule has 1 aromatic carbocycles. The van der Waals surface area contributed by atoms with Crippen LogP contribution >= 0.6 is 11.6 Å². The highest BCUT2D eigenvalue weighted by molar-refractivity contribution is 6.29. The second kappa shape index (κ2) is 6.53. The number of benzene rings is 1. The van der Waals surface area contributed by atoms with Crippen molar-refractivity contribution in [3.63, 3.8) is 0 Å². The molecule has 3 amide bonds. The third kappa shape index (κ3) is 3.70. The van der Waals surface area contributed by atoms with Crippen LogP contribution in [0, 0.1) is 0 Å². The van der Waals surface area contributed by atoms with E-state index in [0.29, 0.717) is 30.4 Å². The van der Waals surface area contributed by atoms with Gasteiger partial charge in [-0.15, -0.1) is 0 Å². The third-order valence-electron chi connectivity index (χ3n) is 3.02. The number of pyridine rings is 1. The summed E-state index contributed by atoms with van der Waals surface area (Å²) in [7, 11) is 0. The van der Waals surface area contributed by atoms with Gasteiger partial charge >= 0.3 is 6.03 Å². The molecule has 0 spiro atoms. The van der Waals surface area contributed by atoms with Gasteiger partial charge in [0, 0.05) is 17.4 Å². The molecule has 2 heterocycles. The van der Waals surface area contributed by atoms with Crippen molar-refractivity contribution in [2.75, 3.05) is 18.5 Å². The van der Waals surface area contributed by atoms with Crippen LogP contribution in [0.1, 0.15) is 10.4 Å². The van der Waals surface area contributed by atoms with E-state index in [1.165, 1.54) is 18.3 Å². The van der Waals surface area contributed by atoms with E-state index in [1.54, 1.807) is 18.2 Å². The number of ether oxygens (including phenoxy) is 2. The Hall–Kier alpha value is -2.80. The first-order chi connectivity index (χ1) is 11.1. The predicted octanol–water partition coefficient (Wildman–Crippen LogP) is 2.47. The van der Waals surface area contributed by atoms with Gasteiger partial charge in [0.15, 0.2) is 11.5 Å². The molecule has 0 bridgehead atoms. The number of rotatable bonds is 2. The van der Waals surface area contributed by atoms with E-state index < -0.39 is 11.9 Å². The van der Waals surface area contributed by atoms with Crippen molar-refractivity contribution in [1.29, 1.82) is 0 Å². The smallest absolute Gasteiger partial charge is 0.326 e. The highest BCUT2D eigenvalue weighted by Crippen LogP contribution is 2.30. The Morgan fingerprint density at radius 2 is 1.87 bits per heavy atom. The van der Waals surface area contributed by atoms with Crippen LogP contribution in [-0.2, 0) is 0 Å². The summed E-state index contributed by atoms with van der Waals surface area (Å²) < 4.78 is 10.8. The number of hydrogen-bond acceptors (Lipinski definition) is 5. The van der Waals surface area contributed by atoms with Crippen LogP contribution in [0.4, 0.5) is 10.5 Å². The van der Waals surface area contributed by atoms with Gasteiger partial charge in [-0.3, -0.25) is 10.1 Å². The SMILES string of the molecule is O=C(NC(=O)c1ccc2c(c1)OCCO2)Nc1ccnc(Cl)c1. The lowest BCUT2D eigenvalue weighted by Crippen LogP contribution is -2.34. The van der Waals surface area contributed by atoms with Crippen LogP contribution in [0.2, 0.25) is 5.15 Å². The van der Waals surface area contributed by atoms with E-state index in [9.17, 15) is 9.59 Å². The number of imide groups is 1. The van der Waals surface area contributed by atoms with E-state index in [2.05, 4.69) is 15.6 Å². The molecule has 0 saturated carbocycles. The zero-order valence-corrected chi connectivity index (χ0v) is 12.6. The zero-order chi connectivity index (χ0) is 16.2. The summed E-state index contributed by atoms with van der Waals surface area (Å²) in [5.74, 6) is 0.494. The number of halogens is 1. The number of nitrogens with zero attached hydrogens (tertiary/aromatic N) is 1. The number of aromatic nitrogens is 1. The molecule has 0 aliphatic carbocycles. The first kappa shape index (κ1) is 15.1. The first-order valence-corrected chi connectivity index (χ1v) is 7.13. The largest absolute Gasteiger partial charge is 0.486 e. The van der Waals surface area contributed by atoms with Gasteiger partial charge in [0.25, 0.3) is 5.91 Å². The highest BCUT2D eigenvalue weighted by atomic mass is 35.5. The zero-order valence-electron chi connectivity index (χ0n) is 11.8. The van der Waals surface area contributed by atoms with E-state index in [4.69, 9.17) is 21.1 Å². The fourth-order valence-electron chi connectivity index (χ4n) is 2.00. The molecule has 0 radical (unpaired) electrons. The molecule has 0 fully saturated rings. The third-order valence-corrected chi connectivity index (χ3v) is 3.22. The number of amides is 3. The van der Waals surface area contributed by atoms with Crippen LogP contribution in [0.3, 0.4) is 0 Å². The van der Waals surface area contributed by atoms with Gasteiger partial charge in [-0.25, -0.2) is 9.78 Å². The molecule has 23 heavy (non-hydrogen) atoms. The molecule has 118 valence electrons. The molecule has 3 rings (SSSR count). The van der Waals surface area contributed by atoms with Gasteiger partial charge in [0.2, 0.25) is 0 Å². The number of nitrogens with one attached hydrogen (secondary N) is 2. The molecular formula is C15H12ClN3O4. The average molecular weight is 334 g/mol. The molecule has 1 aliphatic rings. The fraction of sp³-hybridized carbons (Fsp3) is 0.133. The lowest BCUT2D eigenvalue weighted by atomic mass is 10.2.